The minimum atomic E-state index is -0.393. The fourth-order valence-electron chi connectivity index (χ4n) is 3.00. The first-order valence-corrected chi connectivity index (χ1v) is 9.57. The van der Waals surface area contributed by atoms with Crippen LogP contribution in [0.2, 0.25) is 0 Å². The predicted octanol–water partition coefficient (Wildman–Crippen LogP) is 1.49. The van der Waals surface area contributed by atoms with Crippen molar-refractivity contribution < 1.29 is 14.3 Å². The average molecular weight is 438 g/mol. The Bertz CT molecular complexity index is 1130. The van der Waals surface area contributed by atoms with Crippen molar-refractivity contribution in [2.24, 2.45) is 7.05 Å². The standard InChI is InChI=1S/C20H17N3O4S.Ca.2H/c1-23-17(21-15-5-3-2-4-14(15)19(23)25)11-27-13-8-6-12(7-9-13)10-16-18(24)22-20(26)28-16;;;/h2-9,16H,10-11H2,1H3,(H,22,24,26);;;. The first kappa shape index (κ1) is 21.8. The van der Waals surface area contributed by atoms with Crippen LogP contribution in [-0.2, 0) is 24.9 Å². The molecule has 146 valence electrons. The average Bonchev–Trinajstić information content (AvgIpc) is 3.01. The molecule has 1 atom stereocenters. The molecule has 7 nitrogen and oxygen atoms in total. The van der Waals surface area contributed by atoms with Gasteiger partial charge in [0, 0.05) is 7.05 Å². The van der Waals surface area contributed by atoms with Crippen LogP contribution in [0, 0.1) is 0 Å². The Labute approximate surface area is 200 Å². The van der Waals surface area contributed by atoms with Gasteiger partial charge in [-0.25, -0.2) is 4.98 Å². The monoisotopic (exact) mass is 437 g/mol. The fraction of sp³-hybridized carbons (Fsp3) is 0.200. The van der Waals surface area contributed by atoms with Crippen molar-refractivity contribution in [3.8, 4) is 5.75 Å². The summed E-state index contributed by atoms with van der Waals surface area (Å²) in [4.78, 5) is 39.8. The van der Waals surface area contributed by atoms with Crippen LogP contribution >= 0.6 is 11.8 Å². The van der Waals surface area contributed by atoms with Crippen LogP contribution in [0.4, 0.5) is 4.79 Å². The van der Waals surface area contributed by atoms with E-state index in [2.05, 4.69) is 10.3 Å². The summed E-state index contributed by atoms with van der Waals surface area (Å²) in [6, 6.07) is 14.5. The van der Waals surface area contributed by atoms with E-state index in [9.17, 15) is 14.4 Å². The summed E-state index contributed by atoms with van der Waals surface area (Å²) in [5.74, 6) is 0.912. The van der Waals surface area contributed by atoms with Gasteiger partial charge in [-0.15, -0.1) is 0 Å². The van der Waals surface area contributed by atoms with Gasteiger partial charge in [-0.3, -0.25) is 24.3 Å². The first-order chi connectivity index (χ1) is 13.5. The summed E-state index contributed by atoms with van der Waals surface area (Å²) in [7, 11) is 1.68. The van der Waals surface area contributed by atoms with Crippen molar-refractivity contribution in [3.63, 3.8) is 0 Å². The number of nitrogens with one attached hydrogen (secondary N) is 1. The Hall–Kier alpha value is -1.87. The van der Waals surface area contributed by atoms with Crippen molar-refractivity contribution in [2.45, 2.75) is 18.3 Å². The molecular weight excluding hydrogens is 418 g/mol. The molecule has 2 amide bonds. The number of thioether (sulfide) groups is 1. The molecule has 0 aliphatic carbocycles. The molecule has 1 aliphatic rings. The molecule has 29 heavy (non-hydrogen) atoms. The second kappa shape index (κ2) is 9.30. The molecule has 9 heteroatoms. The maximum atomic E-state index is 12.4. The summed E-state index contributed by atoms with van der Waals surface area (Å²) < 4.78 is 7.27. The quantitative estimate of drug-likeness (QED) is 0.609. The molecule has 4 rings (SSSR count). The minimum absolute atomic E-state index is 0. The predicted molar refractivity (Wildman–Crippen MR) is 115 cm³/mol. The summed E-state index contributed by atoms with van der Waals surface area (Å²) in [6.07, 6.45) is 0.475. The van der Waals surface area contributed by atoms with Crippen LogP contribution in [0.15, 0.2) is 53.3 Å². The van der Waals surface area contributed by atoms with Crippen LogP contribution in [0.25, 0.3) is 10.9 Å². The van der Waals surface area contributed by atoms with Gasteiger partial charge in [0.2, 0.25) is 5.91 Å². The molecule has 0 spiro atoms. The number of carbonyl (C=O) groups excluding carboxylic acids is 2. The topological polar surface area (TPSA) is 90.3 Å². The van der Waals surface area contributed by atoms with E-state index in [4.69, 9.17) is 4.74 Å². The van der Waals surface area contributed by atoms with Gasteiger partial charge in [0.15, 0.2) is 0 Å². The van der Waals surface area contributed by atoms with E-state index in [1.807, 2.05) is 24.3 Å². The number of hydrogen-bond acceptors (Lipinski definition) is 6. The molecule has 0 bridgehead atoms. The van der Waals surface area contributed by atoms with E-state index in [1.54, 1.807) is 31.3 Å². The van der Waals surface area contributed by atoms with Gasteiger partial charge in [0.05, 0.1) is 16.2 Å². The van der Waals surface area contributed by atoms with E-state index in [0.717, 1.165) is 17.3 Å². The van der Waals surface area contributed by atoms with E-state index in [0.29, 0.717) is 28.9 Å². The molecule has 0 saturated carbocycles. The van der Waals surface area contributed by atoms with Gasteiger partial charge in [0.1, 0.15) is 18.2 Å². The molecule has 1 saturated heterocycles. The molecule has 2 heterocycles. The van der Waals surface area contributed by atoms with Gasteiger partial charge in [0.25, 0.3) is 10.8 Å². The molecule has 0 radical (unpaired) electrons. The normalized spacial score (nSPS) is 15.8. The van der Waals surface area contributed by atoms with Crippen LogP contribution in [-0.4, -0.2) is 63.7 Å². The zero-order valence-electron chi connectivity index (χ0n) is 15.0. The fourth-order valence-corrected chi connectivity index (χ4v) is 3.86. The van der Waals surface area contributed by atoms with Gasteiger partial charge >= 0.3 is 37.7 Å². The van der Waals surface area contributed by atoms with Crippen LogP contribution in [0.1, 0.15) is 11.4 Å². The number of benzene rings is 2. The number of nitrogens with zero attached hydrogens (tertiary/aromatic N) is 2. The van der Waals surface area contributed by atoms with E-state index < -0.39 is 5.25 Å². The molecule has 1 N–H and O–H groups in total. The Morgan fingerprint density at radius 1 is 1.10 bits per heavy atom. The second-order valence-corrected chi connectivity index (χ2v) is 7.60. The third kappa shape index (κ3) is 4.83. The van der Waals surface area contributed by atoms with Crippen LogP contribution in [0.3, 0.4) is 0 Å². The Kier molecular flexibility index (Phi) is 7.00. The number of rotatable bonds is 5. The molecule has 1 unspecified atom stereocenters. The molecule has 3 aromatic rings. The van der Waals surface area contributed by atoms with E-state index in [1.165, 1.54) is 4.57 Å². The van der Waals surface area contributed by atoms with Crippen molar-refractivity contribution in [3.05, 3.63) is 70.3 Å². The molecular formula is C20H19CaN3O4S. The van der Waals surface area contributed by atoms with Gasteiger partial charge in [-0.1, -0.05) is 36.0 Å². The molecule has 1 aliphatic heterocycles. The zero-order chi connectivity index (χ0) is 19.7. The summed E-state index contributed by atoms with van der Waals surface area (Å²) in [6.45, 7) is 0.158. The van der Waals surface area contributed by atoms with Crippen molar-refractivity contribution in [1.29, 1.82) is 0 Å². The summed E-state index contributed by atoms with van der Waals surface area (Å²) in [5, 5.41) is 2.16. The van der Waals surface area contributed by atoms with Crippen molar-refractivity contribution in [1.82, 2.24) is 14.9 Å². The van der Waals surface area contributed by atoms with Crippen molar-refractivity contribution in [2.75, 3.05) is 0 Å². The third-order valence-corrected chi connectivity index (χ3v) is 5.54. The SMILES string of the molecule is Cn1c(COc2ccc(CC3SC(=O)NC3=O)cc2)nc2ccccc2c1=O.[CaH2]. The van der Waals surface area contributed by atoms with Gasteiger partial charge in [-0.2, -0.15) is 0 Å². The number of ether oxygens (including phenoxy) is 1. The van der Waals surface area contributed by atoms with Gasteiger partial charge < -0.3 is 4.74 Å². The summed E-state index contributed by atoms with van der Waals surface area (Å²) in [5.41, 5.74) is 1.47. The Balaban J connectivity index is 0.00000240. The number of para-hydroxylation sites is 1. The third-order valence-electron chi connectivity index (χ3n) is 4.56. The molecule has 2 aromatic carbocycles. The molecule has 1 fully saturated rings. The number of aromatic nitrogens is 2. The number of imide groups is 1. The number of hydrogen-bond donors (Lipinski definition) is 1. The van der Waals surface area contributed by atoms with Gasteiger partial charge in [-0.05, 0) is 36.2 Å². The van der Waals surface area contributed by atoms with E-state index in [-0.39, 0.29) is 61.1 Å². The number of fused-ring (bicyclic) bond motifs is 1. The second-order valence-electron chi connectivity index (χ2n) is 6.43. The van der Waals surface area contributed by atoms with Crippen LogP contribution in [0.5, 0.6) is 5.75 Å². The maximum absolute atomic E-state index is 12.4. The number of carbonyl (C=O) groups is 2. The van der Waals surface area contributed by atoms with Crippen molar-refractivity contribution >= 4 is 71.5 Å². The Morgan fingerprint density at radius 3 is 2.52 bits per heavy atom. The first-order valence-electron chi connectivity index (χ1n) is 8.69. The molecule has 1 aromatic heterocycles. The van der Waals surface area contributed by atoms with E-state index >= 15 is 0 Å². The summed E-state index contributed by atoms with van der Waals surface area (Å²) >= 11 is 1.01. The van der Waals surface area contributed by atoms with Crippen LogP contribution < -0.4 is 15.6 Å². The number of amides is 2. The Morgan fingerprint density at radius 2 is 1.83 bits per heavy atom. The zero-order valence-corrected chi connectivity index (χ0v) is 15.9.